The second-order valence-corrected chi connectivity index (χ2v) is 8.29. The third-order valence-corrected chi connectivity index (χ3v) is 6.33. The van der Waals surface area contributed by atoms with Crippen LogP contribution in [0.1, 0.15) is 60.3 Å². The number of aliphatic carboxylic acids is 1. The maximum atomic E-state index is 12.8. The van der Waals surface area contributed by atoms with Crippen molar-refractivity contribution in [3.63, 3.8) is 0 Å². The molecule has 134 valence electrons. The second kappa shape index (κ2) is 6.47. The van der Waals surface area contributed by atoms with Crippen molar-refractivity contribution in [1.82, 2.24) is 0 Å². The Hall–Kier alpha value is -1.42. The molecule has 4 atom stereocenters. The first-order valence-corrected chi connectivity index (χ1v) is 8.86. The summed E-state index contributed by atoms with van der Waals surface area (Å²) in [5.74, 6) is -0.822. The standard InChI is InChI=1S/C20H30O4/c1-12(2)20(24)9-8-19(5)16(21)11-13(3)10-15(17(19)20)7-6-14(4)18(22)23/h6,11-12,15,17,24H,7-10H2,1-5H3,(H,22,23)/b14-6+/t15-,17-,19+,20+/m1/s1. The molecule has 0 amide bonds. The molecule has 1 saturated carbocycles. The summed E-state index contributed by atoms with van der Waals surface area (Å²) in [5, 5.41) is 20.5. The van der Waals surface area contributed by atoms with Crippen LogP contribution in [0, 0.1) is 23.2 Å². The summed E-state index contributed by atoms with van der Waals surface area (Å²) in [5.41, 5.74) is -0.0987. The van der Waals surface area contributed by atoms with Gasteiger partial charge in [-0.2, -0.15) is 0 Å². The van der Waals surface area contributed by atoms with Crippen molar-refractivity contribution in [2.75, 3.05) is 0 Å². The molecule has 1 fully saturated rings. The Morgan fingerprint density at radius 1 is 1.42 bits per heavy atom. The van der Waals surface area contributed by atoms with Gasteiger partial charge >= 0.3 is 5.97 Å². The predicted octanol–water partition coefficient (Wildman–Crippen LogP) is 3.75. The van der Waals surface area contributed by atoms with Crippen LogP contribution in [0.4, 0.5) is 0 Å². The smallest absolute Gasteiger partial charge is 0.330 e. The van der Waals surface area contributed by atoms with Crippen molar-refractivity contribution in [2.45, 2.75) is 65.9 Å². The molecular weight excluding hydrogens is 304 g/mol. The SMILES string of the molecule is CC1=CC(=O)[C@]2(C)CC[C@](O)(C(C)C)[C@@H]2[C@H](C/C=C(\C)C(=O)O)C1. The molecule has 0 aromatic rings. The van der Waals surface area contributed by atoms with Gasteiger partial charge in [0, 0.05) is 16.9 Å². The molecule has 0 aromatic carbocycles. The molecule has 0 aliphatic heterocycles. The third kappa shape index (κ3) is 3.08. The van der Waals surface area contributed by atoms with E-state index in [0.717, 1.165) is 12.0 Å². The van der Waals surface area contributed by atoms with Crippen molar-refractivity contribution in [3.8, 4) is 0 Å². The molecule has 0 saturated heterocycles. The van der Waals surface area contributed by atoms with E-state index in [-0.39, 0.29) is 23.5 Å². The average Bonchev–Trinajstić information content (AvgIpc) is 2.72. The lowest BCUT2D eigenvalue weighted by Crippen LogP contribution is -2.48. The number of ketones is 1. The summed E-state index contributed by atoms with van der Waals surface area (Å²) in [6, 6.07) is 0. The van der Waals surface area contributed by atoms with Gasteiger partial charge in [0.05, 0.1) is 5.60 Å². The van der Waals surface area contributed by atoms with Gasteiger partial charge in [-0.05, 0) is 57.4 Å². The van der Waals surface area contributed by atoms with E-state index in [1.165, 1.54) is 0 Å². The number of carbonyl (C=O) groups is 2. The Labute approximate surface area is 144 Å². The minimum Gasteiger partial charge on any atom is -0.478 e. The first-order chi connectivity index (χ1) is 11.0. The van der Waals surface area contributed by atoms with Gasteiger partial charge in [0.25, 0.3) is 0 Å². The molecule has 0 heterocycles. The average molecular weight is 334 g/mol. The van der Waals surface area contributed by atoms with E-state index >= 15 is 0 Å². The molecular formula is C20H30O4. The molecule has 0 bridgehead atoms. The highest BCUT2D eigenvalue weighted by molar-refractivity contribution is 5.96. The number of hydrogen-bond donors (Lipinski definition) is 2. The van der Waals surface area contributed by atoms with Crippen LogP contribution in [0.3, 0.4) is 0 Å². The molecule has 0 aromatic heterocycles. The molecule has 4 nitrogen and oxygen atoms in total. The van der Waals surface area contributed by atoms with Crippen LogP contribution >= 0.6 is 0 Å². The van der Waals surface area contributed by atoms with Crippen LogP contribution in [0.5, 0.6) is 0 Å². The minimum absolute atomic E-state index is 0.0579. The zero-order valence-corrected chi connectivity index (χ0v) is 15.4. The number of rotatable bonds is 4. The summed E-state index contributed by atoms with van der Waals surface area (Å²) >= 11 is 0. The lowest BCUT2D eigenvalue weighted by molar-refractivity contribution is -0.134. The minimum atomic E-state index is -0.916. The fourth-order valence-corrected chi connectivity index (χ4v) is 4.79. The highest BCUT2D eigenvalue weighted by Gasteiger charge is 2.60. The number of fused-ring (bicyclic) bond motifs is 1. The number of carboxylic acid groups (broad SMARTS) is 1. The predicted molar refractivity (Wildman–Crippen MR) is 93.5 cm³/mol. The topological polar surface area (TPSA) is 74.6 Å². The van der Waals surface area contributed by atoms with E-state index < -0.39 is 17.0 Å². The van der Waals surface area contributed by atoms with Crippen molar-refractivity contribution in [2.24, 2.45) is 23.2 Å². The molecule has 0 spiro atoms. The van der Waals surface area contributed by atoms with Crippen LogP contribution in [0.15, 0.2) is 23.3 Å². The van der Waals surface area contributed by atoms with Gasteiger partial charge in [-0.3, -0.25) is 4.79 Å². The van der Waals surface area contributed by atoms with E-state index in [9.17, 15) is 14.7 Å². The van der Waals surface area contributed by atoms with Crippen LogP contribution in [-0.2, 0) is 9.59 Å². The lowest BCUT2D eigenvalue weighted by atomic mass is 9.63. The number of hydrogen-bond acceptors (Lipinski definition) is 3. The van der Waals surface area contributed by atoms with Crippen LogP contribution in [0.2, 0.25) is 0 Å². The van der Waals surface area contributed by atoms with Crippen LogP contribution in [-0.4, -0.2) is 27.6 Å². The normalized spacial score (nSPS) is 37.2. The molecule has 2 aliphatic carbocycles. The highest BCUT2D eigenvalue weighted by atomic mass is 16.4. The van der Waals surface area contributed by atoms with Gasteiger partial charge in [0.2, 0.25) is 0 Å². The number of carbonyl (C=O) groups excluding carboxylic acids is 1. The number of aliphatic hydroxyl groups is 1. The lowest BCUT2D eigenvalue weighted by Gasteiger charge is -2.43. The molecule has 0 unspecified atom stereocenters. The van der Waals surface area contributed by atoms with Crippen molar-refractivity contribution in [3.05, 3.63) is 23.3 Å². The van der Waals surface area contributed by atoms with E-state index in [1.54, 1.807) is 19.1 Å². The van der Waals surface area contributed by atoms with Crippen molar-refractivity contribution < 1.29 is 19.8 Å². The number of carboxylic acids is 1. The second-order valence-electron chi connectivity index (χ2n) is 8.29. The van der Waals surface area contributed by atoms with Crippen LogP contribution < -0.4 is 0 Å². The van der Waals surface area contributed by atoms with Gasteiger partial charge < -0.3 is 10.2 Å². The quantitative estimate of drug-likeness (QED) is 0.768. The molecule has 0 radical (unpaired) electrons. The molecule has 2 aliphatic rings. The summed E-state index contributed by atoms with van der Waals surface area (Å²) in [6.07, 6.45) is 6.11. The fourth-order valence-electron chi connectivity index (χ4n) is 4.79. The zero-order valence-electron chi connectivity index (χ0n) is 15.4. The van der Waals surface area contributed by atoms with Gasteiger partial charge in [0.1, 0.15) is 0 Å². The zero-order chi connectivity index (χ0) is 18.3. The van der Waals surface area contributed by atoms with Crippen LogP contribution in [0.25, 0.3) is 0 Å². The maximum Gasteiger partial charge on any atom is 0.330 e. The Morgan fingerprint density at radius 3 is 2.58 bits per heavy atom. The van der Waals surface area contributed by atoms with Gasteiger partial charge in [-0.1, -0.05) is 32.4 Å². The monoisotopic (exact) mass is 334 g/mol. The molecule has 2 rings (SSSR count). The third-order valence-electron chi connectivity index (χ3n) is 6.33. The summed E-state index contributed by atoms with van der Waals surface area (Å²) in [7, 11) is 0. The largest absolute Gasteiger partial charge is 0.478 e. The van der Waals surface area contributed by atoms with Gasteiger partial charge in [-0.15, -0.1) is 0 Å². The summed E-state index contributed by atoms with van der Waals surface area (Å²) in [6.45, 7) is 9.55. The maximum absolute atomic E-state index is 12.8. The molecule has 4 heteroatoms. The summed E-state index contributed by atoms with van der Waals surface area (Å²) < 4.78 is 0. The van der Waals surface area contributed by atoms with E-state index in [1.807, 2.05) is 27.7 Å². The summed E-state index contributed by atoms with van der Waals surface area (Å²) in [4.78, 5) is 23.9. The van der Waals surface area contributed by atoms with E-state index in [4.69, 9.17) is 5.11 Å². The van der Waals surface area contributed by atoms with E-state index in [0.29, 0.717) is 24.8 Å². The first kappa shape index (κ1) is 18.9. The highest BCUT2D eigenvalue weighted by Crippen LogP contribution is 2.58. The Bertz CT molecular complexity index is 601. The van der Waals surface area contributed by atoms with Gasteiger partial charge in [-0.25, -0.2) is 4.79 Å². The number of allylic oxidation sites excluding steroid dienone is 3. The van der Waals surface area contributed by atoms with E-state index in [2.05, 4.69) is 0 Å². The molecule has 24 heavy (non-hydrogen) atoms. The Balaban J connectivity index is 2.46. The Kier molecular flexibility index (Phi) is 5.10. The van der Waals surface area contributed by atoms with Crippen molar-refractivity contribution >= 4 is 11.8 Å². The fraction of sp³-hybridized carbons (Fsp3) is 0.700. The van der Waals surface area contributed by atoms with Crippen molar-refractivity contribution in [1.29, 1.82) is 0 Å². The Morgan fingerprint density at radius 2 is 2.04 bits per heavy atom. The van der Waals surface area contributed by atoms with Gasteiger partial charge in [0.15, 0.2) is 5.78 Å². The first-order valence-electron chi connectivity index (χ1n) is 8.86. The molecule has 2 N–H and O–H groups in total.